The highest BCUT2D eigenvalue weighted by Crippen LogP contribution is 2.50. The first-order valence-corrected chi connectivity index (χ1v) is 8.60. The summed E-state index contributed by atoms with van der Waals surface area (Å²) in [5, 5.41) is 10.5. The Hall–Kier alpha value is -1.50. The third kappa shape index (κ3) is 2.96. The second-order valence-electron chi connectivity index (χ2n) is 6.95. The monoisotopic (exact) mass is 366 g/mol. The van der Waals surface area contributed by atoms with Crippen molar-refractivity contribution in [2.45, 2.75) is 31.8 Å². The fourth-order valence-corrected chi connectivity index (χ4v) is 4.65. The Morgan fingerprint density at radius 3 is 2.52 bits per heavy atom. The molecule has 2 heterocycles. The van der Waals surface area contributed by atoms with Gasteiger partial charge in [0, 0.05) is 37.6 Å². The van der Waals surface area contributed by atoms with E-state index in [0.29, 0.717) is 23.2 Å². The molecule has 2 unspecified atom stereocenters. The first kappa shape index (κ1) is 18.3. The van der Waals surface area contributed by atoms with Crippen LogP contribution in [0.5, 0.6) is 0 Å². The van der Waals surface area contributed by atoms with Crippen molar-refractivity contribution in [2.75, 3.05) is 20.2 Å². The van der Waals surface area contributed by atoms with Gasteiger partial charge in [0.1, 0.15) is 17.2 Å². The van der Waals surface area contributed by atoms with Gasteiger partial charge in [0.15, 0.2) is 5.82 Å². The number of nitrogens with zero attached hydrogens (tertiary/aromatic N) is 2. The zero-order valence-corrected chi connectivity index (χ0v) is 15.3. The van der Waals surface area contributed by atoms with Crippen LogP contribution in [-0.4, -0.2) is 35.4 Å². The number of aromatic nitrogens is 3. The van der Waals surface area contributed by atoms with Gasteiger partial charge in [-0.3, -0.25) is 5.10 Å². The van der Waals surface area contributed by atoms with E-state index in [1.54, 1.807) is 13.2 Å². The third-order valence-corrected chi connectivity index (χ3v) is 5.64. The number of hydrogen-bond donors (Lipinski definition) is 2. The summed E-state index contributed by atoms with van der Waals surface area (Å²) in [5.41, 5.74) is 1.19. The molecule has 1 aromatic carbocycles. The van der Waals surface area contributed by atoms with Crippen molar-refractivity contribution in [1.29, 1.82) is 0 Å². The number of benzene rings is 1. The van der Waals surface area contributed by atoms with E-state index >= 15 is 0 Å². The number of fused-ring (bicyclic) bond motifs is 2. The molecule has 1 aliphatic carbocycles. The average molecular weight is 367 g/mol. The molecule has 2 N–H and O–H groups in total. The number of hydrogen-bond acceptors (Lipinski definition) is 4. The van der Waals surface area contributed by atoms with Crippen LogP contribution in [0.3, 0.4) is 0 Å². The van der Waals surface area contributed by atoms with Crippen molar-refractivity contribution in [1.82, 2.24) is 20.5 Å². The number of rotatable bonds is 3. The maximum Gasteiger partial charge on any atom is 0.181 e. The van der Waals surface area contributed by atoms with Crippen molar-refractivity contribution >= 4 is 12.4 Å². The smallest absolute Gasteiger partial charge is 0.181 e. The van der Waals surface area contributed by atoms with Gasteiger partial charge in [0.25, 0.3) is 0 Å². The molecule has 1 saturated carbocycles. The summed E-state index contributed by atoms with van der Waals surface area (Å²) in [5.74, 6) is 1.70. The molecule has 5 nitrogen and oxygen atoms in total. The zero-order chi connectivity index (χ0) is 16.7. The van der Waals surface area contributed by atoms with Crippen molar-refractivity contribution in [3.8, 4) is 11.4 Å². The predicted molar refractivity (Wildman–Crippen MR) is 96.1 cm³/mol. The largest absolute Gasteiger partial charge is 0.373 e. The Morgan fingerprint density at radius 2 is 1.92 bits per heavy atom. The molecule has 1 saturated heterocycles. The molecule has 2 aromatic rings. The molecule has 2 aliphatic rings. The average Bonchev–Trinajstić information content (AvgIpc) is 2.99. The molecule has 1 aliphatic heterocycles. The Bertz CT molecular complexity index is 728. The van der Waals surface area contributed by atoms with Gasteiger partial charge in [-0.05, 0) is 43.5 Å². The van der Waals surface area contributed by atoms with E-state index in [1.165, 1.54) is 12.5 Å². The lowest BCUT2D eigenvalue weighted by atomic mass is 9.62. The Morgan fingerprint density at radius 1 is 1.20 bits per heavy atom. The normalized spacial score (nSPS) is 28.4. The summed E-state index contributed by atoms with van der Waals surface area (Å²) in [6.45, 7) is 3.66. The van der Waals surface area contributed by atoms with Gasteiger partial charge in [0.2, 0.25) is 0 Å². The zero-order valence-electron chi connectivity index (χ0n) is 14.5. The predicted octanol–water partition coefficient (Wildman–Crippen LogP) is 3.20. The summed E-state index contributed by atoms with van der Waals surface area (Å²) in [4.78, 5) is 4.34. The van der Waals surface area contributed by atoms with Crippen LogP contribution < -0.4 is 5.32 Å². The van der Waals surface area contributed by atoms with Crippen molar-refractivity contribution in [3.05, 3.63) is 35.4 Å². The first-order valence-electron chi connectivity index (χ1n) is 8.60. The van der Waals surface area contributed by atoms with E-state index < -0.39 is 5.60 Å². The van der Waals surface area contributed by atoms with Gasteiger partial charge in [-0.2, -0.15) is 5.10 Å². The minimum Gasteiger partial charge on any atom is -0.373 e. The fourth-order valence-electron chi connectivity index (χ4n) is 4.65. The first-order chi connectivity index (χ1) is 11.6. The molecule has 2 fully saturated rings. The van der Waals surface area contributed by atoms with E-state index in [0.717, 1.165) is 37.3 Å². The summed E-state index contributed by atoms with van der Waals surface area (Å²) in [6.07, 6.45) is 3.41. The molecule has 136 valence electrons. The van der Waals surface area contributed by atoms with Crippen molar-refractivity contribution in [2.24, 2.45) is 11.8 Å². The van der Waals surface area contributed by atoms with Gasteiger partial charge in [-0.1, -0.05) is 6.42 Å². The molecule has 1 aromatic heterocycles. The van der Waals surface area contributed by atoms with Crippen molar-refractivity contribution < 1.29 is 9.13 Å². The lowest BCUT2D eigenvalue weighted by molar-refractivity contribution is -0.144. The quantitative estimate of drug-likeness (QED) is 0.875. The minimum atomic E-state index is -0.425. The second-order valence-corrected chi connectivity index (χ2v) is 6.95. The molecule has 2 atom stereocenters. The lowest BCUT2D eigenvalue weighted by Crippen LogP contribution is -2.57. The number of piperidine rings is 1. The molecule has 2 bridgehead atoms. The van der Waals surface area contributed by atoms with Gasteiger partial charge in [-0.25, -0.2) is 9.37 Å². The fraction of sp³-hybridized carbons (Fsp3) is 0.556. The molecule has 0 spiro atoms. The lowest BCUT2D eigenvalue weighted by Gasteiger charge is -2.52. The van der Waals surface area contributed by atoms with Crippen LogP contribution >= 0.6 is 12.4 Å². The van der Waals surface area contributed by atoms with Crippen LogP contribution in [0, 0.1) is 24.6 Å². The van der Waals surface area contributed by atoms with Crippen molar-refractivity contribution in [3.63, 3.8) is 0 Å². The molecular formula is C18H24ClFN4O. The summed E-state index contributed by atoms with van der Waals surface area (Å²) >= 11 is 0. The highest BCUT2D eigenvalue weighted by Gasteiger charge is 2.51. The van der Waals surface area contributed by atoms with Gasteiger partial charge >= 0.3 is 0 Å². The standard InChI is InChI=1S/C18H23FN4O.ClH/c1-11-21-17(23-22-11)12-6-15(8-16(19)7-12)18(24-2)13-4-3-5-14(18)10-20-9-13;/h6-8,13-14,20H,3-5,9-10H2,1-2H3,(H,21,22,23);1H. The number of methoxy groups -OCH3 is 1. The Balaban J connectivity index is 0.00000182. The van der Waals surface area contributed by atoms with Crippen LogP contribution in [-0.2, 0) is 10.3 Å². The molecule has 0 radical (unpaired) electrons. The number of H-pyrrole nitrogens is 1. The van der Waals surface area contributed by atoms with Crippen LogP contribution in [0.2, 0.25) is 0 Å². The number of halogens is 2. The SMILES string of the molecule is COC1(c2cc(F)cc(-c3n[nH]c(C)n3)c2)C2CCCC1CNC2.Cl. The van der Waals surface area contributed by atoms with E-state index in [9.17, 15) is 4.39 Å². The number of ether oxygens (including phenoxy) is 1. The molecular weight excluding hydrogens is 343 g/mol. The summed E-state index contributed by atoms with van der Waals surface area (Å²) in [6, 6.07) is 5.13. The Kier molecular flexibility index (Phi) is 5.14. The highest BCUT2D eigenvalue weighted by atomic mass is 35.5. The van der Waals surface area contributed by atoms with E-state index in [2.05, 4.69) is 20.5 Å². The van der Waals surface area contributed by atoms with Gasteiger partial charge in [0.05, 0.1) is 0 Å². The highest BCUT2D eigenvalue weighted by molar-refractivity contribution is 5.85. The van der Waals surface area contributed by atoms with E-state index in [-0.39, 0.29) is 18.2 Å². The molecule has 0 amide bonds. The van der Waals surface area contributed by atoms with Crippen LogP contribution in [0.15, 0.2) is 18.2 Å². The van der Waals surface area contributed by atoms with E-state index in [1.807, 2.05) is 13.0 Å². The van der Waals surface area contributed by atoms with Gasteiger partial charge in [-0.15, -0.1) is 12.4 Å². The minimum absolute atomic E-state index is 0. The maximum atomic E-state index is 14.4. The summed E-state index contributed by atoms with van der Waals surface area (Å²) in [7, 11) is 1.76. The number of nitrogens with one attached hydrogen (secondary N) is 2. The van der Waals surface area contributed by atoms with Gasteiger partial charge < -0.3 is 10.1 Å². The molecule has 25 heavy (non-hydrogen) atoms. The summed E-state index contributed by atoms with van der Waals surface area (Å²) < 4.78 is 20.5. The number of aryl methyl sites for hydroxylation is 1. The van der Waals surface area contributed by atoms with Crippen LogP contribution in [0.1, 0.15) is 30.7 Å². The topological polar surface area (TPSA) is 62.8 Å². The third-order valence-electron chi connectivity index (χ3n) is 5.64. The Labute approximate surface area is 153 Å². The van der Waals surface area contributed by atoms with E-state index in [4.69, 9.17) is 4.74 Å². The van der Waals surface area contributed by atoms with Crippen LogP contribution in [0.4, 0.5) is 4.39 Å². The number of aromatic amines is 1. The maximum absolute atomic E-state index is 14.4. The molecule has 7 heteroatoms. The second kappa shape index (κ2) is 7.02. The van der Waals surface area contributed by atoms with Crippen LogP contribution in [0.25, 0.3) is 11.4 Å². The molecule has 4 rings (SSSR count).